The average Bonchev–Trinajstić information content (AvgIpc) is 3.11. The number of rotatable bonds is 9. The number of benzene rings is 1. The van der Waals surface area contributed by atoms with Crippen LogP contribution in [0, 0.1) is 0 Å². The van der Waals surface area contributed by atoms with Crippen molar-refractivity contribution in [1.82, 2.24) is 10.8 Å². The van der Waals surface area contributed by atoms with Gasteiger partial charge in [0.25, 0.3) is 5.91 Å². The topological polar surface area (TPSA) is 81.6 Å². The Morgan fingerprint density at radius 2 is 1.85 bits per heavy atom. The predicted molar refractivity (Wildman–Crippen MR) is 113 cm³/mol. The van der Waals surface area contributed by atoms with Gasteiger partial charge in [-0.25, -0.2) is 5.48 Å². The lowest BCUT2D eigenvalue weighted by atomic mass is 9.79. The number of aryl methyl sites for hydroxylation is 1. The molecule has 2 atom stereocenters. The molecule has 0 aliphatic carbocycles. The van der Waals surface area contributed by atoms with Crippen molar-refractivity contribution in [2.45, 2.75) is 51.2 Å². The van der Waals surface area contributed by atoms with Crippen molar-refractivity contribution in [1.29, 1.82) is 0 Å². The summed E-state index contributed by atoms with van der Waals surface area (Å²) >= 11 is 5.19. The van der Waals surface area contributed by atoms with Gasteiger partial charge in [0.15, 0.2) is 0 Å². The molecule has 0 fully saturated rings. The van der Waals surface area contributed by atoms with E-state index >= 15 is 0 Å². The first-order valence-corrected chi connectivity index (χ1v) is 10.6. The summed E-state index contributed by atoms with van der Waals surface area (Å²) in [6.45, 7) is 5.55. The summed E-state index contributed by atoms with van der Waals surface area (Å²) in [6.07, 6.45) is 2.04. The van der Waals surface area contributed by atoms with Crippen molar-refractivity contribution in [3.8, 4) is 10.4 Å². The molecule has 0 bridgehead atoms. The van der Waals surface area contributed by atoms with E-state index in [9.17, 15) is 9.90 Å². The molecule has 0 aliphatic rings. The summed E-state index contributed by atoms with van der Waals surface area (Å²) in [6, 6.07) is 12.6. The molecule has 148 valence electrons. The molecule has 5 nitrogen and oxygen atoms in total. The number of halogens is 1. The summed E-state index contributed by atoms with van der Waals surface area (Å²) in [5.41, 5.74) is 1.52. The lowest BCUT2D eigenvalue weighted by Gasteiger charge is -2.41. The van der Waals surface area contributed by atoms with Gasteiger partial charge in [0.05, 0.1) is 9.39 Å². The second kappa shape index (κ2) is 9.30. The normalized spacial score (nSPS) is 15.8. The van der Waals surface area contributed by atoms with Crippen LogP contribution >= 0.6 is 27.3 Å². The SMILES string of the molecule is CCC(C)(O)C(C)(NCCCc1ccc(-c2ccc(Br)s2)cc1)C(=O)NO. The summed E-state index contributed by atoms with van der Waals surface area (Å²) in [4.78, 5) is 13.3. The molecule has 7 heteroatoms. The largest absolute Gasteiger partial charge is 0.388 e. The van der Waals surface area contributed by atoms with Crippen LogP contribution in [0.15, 0.2) is 40.2 Å². The Hall–Kier alpha value is -1.25. The molecule has 0 saturated heterocycles. The highest BCUT2D eigenvalue weighted by Crippen LogP contribution is 2.31. The van der Waals surface area contributed by atoms with Crippen molar-refractivity contribution >= 4 is 33.2 Å². The highest BCUT2D eigenvalue weighted by atomic mass is 79.9. The third-order valence-electron chi connectivity index (χ3n) is 5.25. The molecule has 1 aromatic heterocycles. The van der Waals surface area contributed by atoms with Crippen LogP contribution in [0.2, 0.25) is 0 Å². The number of amides is 1. The predicted octanol–water partition coefficient (Wildman–Crippen LogP) is 4.12. The fraction of sp³-hybridized carbons (Fsp3) is 0.450. The molecule has 4 N–H and O–H groups in total. The smallest absolute Gasteiger partial charge is 0.266 e. The van der Waals surface area contributed by atoms with Crippen molar-refractivity contribution in [2.75, 3.05) is 6.54 Å². The van der Waals surface area contributed by atoms with Crippen LogP contribution in [-0.2, 0) is 11.2 Å². The van der Waals surface area contributed by atoms with Crippen molar-refractivity contribution < 1.29 is 15.1 Å². The van der Waals surface area contributed by atoms with Crippen molar-refractivity contribution in [3.05, 3.63) is 45.7 Å². The first-order valence-electron chi connectivity index (χ1n) is 9.00. The molecule has 0 spiro atoms. The van der Waals surface area contributed by atoms with Crippen LogP contribution < -0.4 is 10.8 Å². The first-order chi connectivity index (χ1) is 12.7. The van der Waals surface area contributed by atoms with E-state index in [4.69, 9.17) is 5.21 Å². The van der Waals surface area contributed by atoms with Crippen LogP contribution in [0.1, 0.15) is 39.2 Å². The van der Waals surface area contributed by atoms with Crippen LogP contribution in [0.3, 0.4) is 0 Å². The highest BCUT2D eigenvalue weighted by Gasteiger charge is 2.47. The molecule has 0 aliphatic heterocycles. The van der Waals surface area contributed by atoms with E-state index in [-0.39, 0.29) is 0 Å². The van der Waals surface area contributed by atoms with Gasteiger partial charge in [-0.2, -0.15) is 0 Å². The molecule has 1 amide bonds. The summed E-state index contributed by atoms with van der Waals surface area (Å²) in [7, 11) is 0. The van der Waals surface area contributed by atoms with E-state index in [1.54, 1.807) is 37.6 Å². The number of aliphatic hydroxyl groups is 1. The average molecular weight is 455 g/mol. The van der Waals surface area contributed by atoms with Gasteiger partial charge in [-0.05, 0) is 78.8 Å². The maximum absolute atomic E-state index is 12.1. The standard InChI is InChI=1S/C20H27BrN2O3S/c1-4-19(2,25)20(3,18(24)23-26)22-13-5-6-14-7-9-15(10-8-14)16-11-12-17(21)27-16/h7-12,22,25-26H,4-6,13H2,1-3H3,(H,23,24). The first kappa shape index (κ1) is 22.0. The number of hydroxylamine groups is 1. The number of thiophene rings is 1. The monoisotopic (exact) mass is 454 g/mol. The van der Waals surface area contributed by atoms with Gasteiger partial charge >= 0.3 is 0 Å². The number of carbonyl (C=O) groups excluding carboxylic acids is 1. The Labute approximate surface area is 172 Å². The van der Waals surface area contributed by atoms with E-state index in [1.165, 1.54) is 16.0 Å². The van der Waals surface area contributed by atoms with Crippen LogP contribution in [0.4, 0.5) is 0 Å². The molecular formula is C20H27BrN2O3S. The Bertz CT molecular complexity index is 761. The van der Waals surface area contributed by atoms with Gasteiger partial charge in [0.2, 0.25) is 0 Å². The lowest BCUT2D eigenvalue weighted by Crippen LogP contribution is -2.67. The van der Waals surface area contributed by atoms with Gasteiger partial charge in [-0.3, -0.25) is 10.0 Å². The quantitative estimate of drug-likeness (QED) is 0.261. The van der Waals surface area contributed by atoms with Crippen LogP contribution in [0.25, 0.3) is 10.4 Å². The molecule has 2 unspecified atom stereocenters. The zero-order valence-electron chi connectivity index (χ0n) is 15.9. The zero-order chi connectivity index (χ0) is 20.1. The number of hydrogen-bond acceptors (Lipinski definition) is 5. The molecule has 27 heavy (non-hydrogen) atoms. The number of nitrogens with one attached hydrogen (secondary N) is 2. The summed E-state index contributed by atoms with van der Waals surface area (Å²) in [5, 5.41) is 22.7. The van der Waals surface area contributed by atoms with E-state index in [0.717, 1.165) is 16.6 Å². The Kier molecular flexibility index (Phi) is 7.59. The molecule has 1 heterocycles. The number of hydrogen-bond donors (Lipinski definition) is 4. The lowest BCUT2D eigenvalue weighted by molar-refractivity contribution is -0.147. The minimum absolute atomic E-state index is 0.379. The van der Waals surface area contributed by atoms with Crippen molar-refractivity contribution in [2.24, 2.45) is 0 Å². The molecule has 0 saturated carbocycles. The molecule has 1 aromatic carbocycles. The Morgan fingerprint density at radius 1 is 1.19 bits per heavy atom. The van der Waals surface area contributed by atoms with E-state index in [1.807, 2.05) is 6.07 Å². The fourth-order valence-corrected chi connectivity index (χ4v) is 4.31. The minimum Gasteiger partial charge on any atom is -0.388 e. The summed E-state index contributed by atoms with van der Waals surface area (Å²) in [5.74, 6) is -0.638. The maximum Gasteiger partial charge on any atom is 0.266 e. The maximum atomic E-state index is 12.1. The van der Waals surface area contributed by atoms with E-state index < -0.39 is 17.0 Å². The molecular weight excluding hydrogens is 428 g/mol. The zero-order valence-corrected chi connectivity index (χ0v) is 18.3. The van der Waals surface area contributed by atoms with Crippen LogP contribution in [-0.4, -0.2) is 33.9 Å². The van der Waals surface area contributed by atoms with Gasteiger partial charge in [-0.1, -0.05) is 31.2 Å². The fourth-order valence-electron chi connectivity index (χ4n) is 2.92. The second-order valence-electron chi connectivity index (χ2n) is 7.02. The van der Waals surface area contributed by atoms with Crippen molar-refractivity contribution in [3.63, 3.8) is 0 Å². The van der Waals surface area contributed by atoms with Gasteiger partial charge < -0.3 is 10.4 Å². The highest BCUT2D eigenvalue weighted by molar-refractivity contribution is 9.11. The van der Waals surface area contributed by atoms with Crippen LogP contribution in [0.5, 0.6) is 0 Å². The van der Waals surface area contributed by atoms with E-state index in [2.05, 4.69) is 51.6 Å². The Balaban J connectivity index is 1.92. The van der Waals surface area contributed by atoms with Gasteiger partial charge in [0, 0.05) is 4.88 Å². The van der Waals surface area contributed by atoms with E-state index in [0.29, 0.717) is 13.0 Å². The molecule has 2 rings (SSSR count). The Morgan fingerprint density at radius 3 is 2.37 bits per heavy atom. The second-order valence-corrected chi connectivity index (χ2v) is 9.49. The number of carbonyl (C=O) groups is 1. The molecule has 0 radical (unpaired) electrons. The van der Waals surface area contributed by atoms with Gasteiger partial charge in [0.1, 0.15) is 5.54 Å². The molecule has 2 aromatic rings. The summed E-state index contributed by atoms with van der Waals surface area (Å²) < 4.78 is 1.12. The third-order valence-corrected chi connectivity index (χ3v) is 6.93. The minimum atomic E-state index is -1.28. The third kappa shape index (κ3) is 5.18. The van der Waals surface area contributed by atoms with Gasteiger partial charge in [-0.15, -0.1) is 11.3 Å².